The minimum absolute atomic E-state index is 0.0222. The van der Waals surface area contributed by atoms with E-state index in [0.29, 0.717) is 37.2 Å². The Morgan fingerprint density at radius 1 is 1.16 bits per heavy atom. The Bertz CT molecular complexity index is 1070. The van der Waals surface area contributed by atoms with Gasteiger partial charge in [-0.15, -0.1) is 0 Å². The fourth-order valence-corrected chi connectivity index (χ4v) is 3.70. The molecule has 9 nitrogen and oxygen atoms in total. The van der Waals surface area contributed by atoms with E-state index in [-0.39, 0.29) is 25.2 Å². The summed E-state index contributed by atoms with van der Waals surface area (Å²) in [6, 6.07) is 11.1. The number of fused-ring (bicyclic) bond motifs is 1. The highest BCUT2D eigenvalue weighted by Crippen LogP contribution is 2.23. The summed E-state index contributed by atoms with van der Waals surface area (Å²) in [4.78, 5) is 29.0. The third-order valence-electron chi connectivity index (χ3n) is 5.33. The van der Waals surface area contributed by atoms with Crippen molar-refractivity contribution >= 4 is 22.9 Å². The van der Waals surface area contributed by atoms with Gasteiger partial charge in [-0.25, -0.2) is 9.78 Å². The number of aliphatic hydroxyl groups excluding tert-OH is 1. The summed E-state index contributed by atoms with van der Waals surface area (Å²) in [5.41, 5.74) is 1.45. The fourth-order valence-electron chi connectivity index (χ4n) is 3.70. The number of nitrogens with zero attached hydrogens (tertiary/aromatic N) is 3. The molecule has 0 aliphatic carbocycles. The molecule has 4 rings (SSSR count). The van der Waals surface area contributed by atoms with Crippen molar-refractivity contribution in [2.24, 2.45) is 0 Å². The highest BCUT2D eigenvalue weighted by molar-refractivity contribution is 5.98. The van der Waals surface area contributed by atoms with Crippen LogP contribution in [-0.2, 0) is 0 Å². The standard InChI is InChI=1S/C22H24N4O5/c27-12-8-23-21(28)16-1-3-19-15(13-16)5-11-26(19)20-4-2-18(14-24-20)31-17-6-9-25(10-7-17)22(29)30/h1-5,11,13-14,17,27H,6-10,12H2,(H,23,28)(H,29,30). The quantitative estimate of drug-likeness (QED) is 0.559. The topological polar surface area (TPSA) is 117 Å². The number of hydrogen-bond acceptors (Lipinski definition) is 5. The lowest BCUT2D eigenvalue weighted by Crippen LogP contribution is -2.41. The van der Waals surface area contributed by atoms with Gasteiger partial charge in [0, 0.05) is 49.6 Å². The molecule has 1 aliphatic rings. The molecule has 2 aromatic heterocycles. The summed E-state index contributed by atoms with van der Waals surface area (Å²) in [5.74, 6) is 1.15. The van der Waals surface area contributed by atoms with Gasteiger partial charge < -0.3 is 29.7 Å². The monoisotopic (exact) mass is 424 g/mol. The first kappa shape index (κ1) is 20.7. The van der Waals surface area contributed by atoms with E-state index in [0.717, 1.165) is 16.7 Å². The van der Waals surface area contributed by atoms with Gasteiger partial charge in [0.25, 0.3) is 5.91 Å². The SMILES string of the molecule is O=C(NCCO)c1ccc2c(ccn2-c2ccc(OC3CCN(C(=O)O)CC3)cn2)c1. The molecule has 0 spiro atoms. The van der Waals surface area contributed by atoms with Gasteiger partial charge >= 0.3 is 6.09 Å². The number of ether oxygens (including phenoxy) is 1. The first-order valence-electron chi connectivity index (χ1n) is 10.2. The first-order chi connectivity index (χ1) is 15.0. The molecule has 1 aromatic carbocycles. The predicted octanol–water partition coefficient (Wildman–Crippen LogP) is 2.27. The van der Waals surface area contributed by atoms with Crippen LogP contribution in [0.25, 0.3) is 16.7 Å². The molecular weight excluding hydrogens is 400 g/mol. The Labute approximate surface area is 178 Å². The molecule has 3 heterocycles. The molecule has 0 radical (unpaired) electrons. The van der Waals surface area contributed by atoms with Crippen LogP contribution >= 0.6 is 0 Å². The summed E-state index contributed by atoms with van der Waals surface area (Å²) in [7, 11) is 0. The van der Waals surface area contributed by atoms with Gasteiger partial charge in [0.15, 0.2) is 0 Å². The average molecular weight is 424 g/mol. The number of piperidine rings is 1. The van der Waals surface area contributed by atoms with Crippen LogP contribution in [0.15, 0.2) is 48.8 Å². The number of pyridine rings is 1. The largest absolute Gasteiger partial charge is 0.489 e. The third kappa shape index (κ3) is 4.61. The first-order valence-corrected chi connectivity index (χ1v) is 10.2. The molecule has 3 aromatic rings. The van der Waals surface area contributed by atoms with Gasteiger partial charge in [0.1, 0.15) is 17.7 Å². The number of aromatic nitrogens is 2. The van der Waals surface area contributed by atoms with Crippen molar-refractivity contribution in [3.05, 3.63) is 54.4 Å². The van der Waals surface area contributed by atoms with E-state index in [1.165, 1.54) is 4.90 Å². The number of hydrogen-bond donors (Lipinski definition) is 3. The lowest BCUT2D eigenvalue weighted by atomic mass is 10.1. The lowest BCUT2D eigenvalue weighted by Gasteiger charge is -2.30. The van der Waals surface area contributed by atoms with Gasteiger partial charge in [-0.2, -0.15) is 0 Å². The van der Waals surface area contributed by atoms with Crippen LogP contribution in [0.2, 0.25) is 0 Å². The Morgan fingerprint density at radius 2 is 1.97 bits per heavy atom. The van der Waals surface area contributed by atoms with Crippen molar-refractivity contribution < 1.29 is 24.5 Å². The highest BCUT2D eigenvalue weighted by Gasteiger charge is 2.23. The van der Waals surface area contributed by atoms with E-state index < -0.39 is 6.09 Å². The van der Waals surface area contributed by atoms with Crippen LogP contribution in [-0.4, -0.2) is 69.0 Å². The highest BCUT2D eigenvalue weighted by atomic mass is 16.5. The van der Waals surface area contributed by atoms with Gasteiger partial charge in [-0.3, -0.25) is 4.79 Å². The number of carbonyl (C=O) groups is 2. The van der Waals surface area contributed by atoms with E-state index in [1.54, 1.807) is 18.3 Å². The predicted molar refractivity (Wildman–Crippen MR) is 114 cm³/mol. The van der Waals surface area contributed by atoms with Gasteiger partial charge in [-0.1, -0.05) is 0 Å². The number of likely N-dealkylation sites (tertiary alicyclic amines) is 1. The number of rotatable bonds is 6. The van der Waals surface area contributed by atoms with Crippen molar-refractivity contribution in [1.82, 2.24) is 19.8 Å². The average Bonchev–Trinajstić information content (AvgIpc) is 3.21. The number of carbonyl (C=O) groups excluding carboxylic acids is 1. The molecule has 162 valence electrons. The number of amides is 2. The normalized spacial score (nSPS) is 14.5. The van der Waals surface area contributed by atoms with E-state index in [9.17, 15) is 9.59 Å². The van der Waals surface area contributed by atoms with Crippen LogP contribution in [0.5, 0.6) is 5.75 Å². The van der Waals surface area contributed by atoms with E-state index in [2.05, 4.69) is 10.3 Å². The van der Waals surface area contributed by atoms with Gasteiger partial charge in [0.05, 0.1) is 18.3 Å². The van der Waals surface area contributed by atoms with Crippen molar-refractivity contribution in [1.29, 1.82) is 0 Å². The third-order valence-corrected chi connectivity index (χ3v) is 5.33. The van der Waals surface area contributed by atoms with Gasteiger partial charge in [0.2, 0.25) is 0 Å². The molecule has 2 amide bonds. The molecule has 9 heteroatoms. The van der Waals surface area contributed by atoms with Crippen LogP contribution < -0.4 is 10.1 Å². The second-order valence-electron chi connectivity index (χ2n) is 7.38. The molecule has 0 unspecified atom stereocenters. The molecular formula is C22H24N4O5. The number of benzene rings is 1. The summed E-state index contributed by atoms with van der Waals surface area (Å²) in [6.07, 6.45) is 3.97. The Morgan fingerprint density at radius 3 is 2.65 bits per heavy atom. The smallest absolute Gasteiger partial charge is 0.407 e. The lowest BCUT2D eigenvalue weighted by molar-refractivity contribution is 0.0891. The minimum atomic E-state index is -0.888. The summed E-state index contributed by atoms with van der Waals surface area (Å²) < 4.78 is 7.89. The molecule has 3 N–H and O–H groups in total. The molecule has 31 heavy (non-hydrogen) atoms. The molecule has 1 fully saturated rings. The summed E-state index contributed by atoms with van der Waals surface area (Å²) in [5, 5.41) is 21.4. The molecule has 1 aliphatic heterocycles. The van der Waals surface area contributed by atoms with E-state index in [4.69, 9.17) is 14.9 Å². The number of carboxylic acid groups (broad SMARTS) is 1. The molecule has 1 saturated heterocycles. The van der Waals surface area contributed by atoms with Crippen molar-refractivity contribution in [3.63, 3.8) is 0 Å². The van der Waals surface area contributed by atoms with Crippen LogP contribution in [0.3, 0.4) is 0 Å². The van der Waals surface area contributed by atoms with Crippen molar-refractivity contribution in [2.75, 3.05) is 26.2 Å². The van der Waals surface area contributed by atoms with E-state index >= 15 is 0 Å². The zero-order valence-electron chi connectivity index (χ0n) is 16.9. The maximum atomic E-state index is 12.1. The Hall–Kier alpha value is -3.59. The number of nitrogens with one attached hydrogen (secondary N) is 1. The Kier molecular flexibility index (Phi) is 6.03. The Balaban J connectivity index is 1.44. The maximum absolute atomic E-state index is 12.1. The second-order valence-corrected chi connectivity index (χ2v) is 7.38. The summed E-state index contributed by atoms with van der Waals surface area (Å²) in [6.45, 7) is 1.06. The zero-order chi connectivity index (χ0) is 21.8. The van der Waals surface area contributed by atoms with E-state index in [1.807, 2.05) is 35.0 Å². The van der Waals surface area contributed by atoms with Gasteiger partial charge in [-0.05, 0) is 36.4 Å². The summed E-state index contributed by atoms with van der Waals surface area (Å²) >= 11 is 0. The van der Waals surface area contributed by atoms with Crippen LogP contribution in [0.4, 0.5) is 4.79 Å². The van der Waals surface area contributed by atoms with Crippen LogP contribution in [0.1, 0.15) is 23.2 Å². The second kappa shape index (κ2) is 9.05. The van der Waals surface area contributed by atoms with Crippen molar-refractivity contribution in [2.45, 2.75) is 18.9 Å². The molecule has 0 atom stereocenters. The molecule has 0 bridgehead atoms. The number of aliphatic hydroxyl groups is 1. The maximum Gasteiger partial charge on any atom is 0.407 e. The van der Waals surface area contributed by atoms with Crippen LogP contribution in [0, 0.1) is 0 Å². The molecule has 0 saturated carbocycles. The van der Waals surface area contributed by atoms with Crippen molar-refractivity contribution in [3.8, 4) is 11.6 Å². The zero-order valence-corrected chi connectivity index (χ0v) is 16.9. The minimum Gasteiger partial charge on any atom is -0.489 e. The fraction of sp³-hybridized carbons (Fsp3) is 0.318.